The summed E-state index contributed by atoms with van der Waals surface area (Å²) in [5, 5.41) is 3.39. The normalized spacial score (nSPS) is 16.6. The second-order valence-corrected chi connectivity index (χ2v) is 11.4. The Bertz CT molecular complexity index is 1150. The van der Waals surface area contributed by atoms with Gasteiger partial charge in [-0.05, 0) is 54.5 Å². The minimum Gasteiger partial charge on any atom is -0.403 e. The molecular weight excluding hydrogens is 498 g/mol. The molecule has 1 heterocycles. The van der Waals surface area contributed by atoms with Crippen molar-refractivity contribution in [3.63, 3.8) is 0 Å². The SMILES string of the molecule is CC(=O)N1CCC(C(=O)N(C)Cc2ccc(N/C(=C/N)C(=Nc3ccccc3)C(C)C)cc2)CC1.CC1CCC1. The average Bonchev–Trinajstić information content (AvgIpc) is 2.95. The molecule has 2 fully saturated rings. The van der Waals surface area contributed by atoms with Gasteiger partial charge in [-0.3, -0.25) is 14.6 Å². The number of benzene rings is 2. The highest BCUT2D eigenvalue weighted by Crippen LogP contribution is 2.24. The average molecular weight is 546 g/mol. The predicted molar refractivity (Wildman–Crippen MR) is 165 cm³/mol. The van der Waals surface area contributed by atoms with E-state index in [1.807, 2.05) is 66.5 Å². The van der Waals surface area contributed by atoms with Gasteiger partial charge in [-0.2, -0.15) is 0 Å². The Hall–Kier alpha value is -3.61. The number of aliphatic imine (C=N–C) groups is 1. The van der Waals surface area contributed by atoms with E-state index < -0.39 is 0 Å². The fourth-order valence-corrected chi connectivity index (χ4v) is 4.90. The molecule has 216 valence electrons. The van der Waals surface area contributed by atoms with Gasteiger partial charge in [0.1, 0.15) is 0 Å². The van der Waals surface area contributed by atoms with Crippen molar-refractivity contribution in [1.82, 2.24) is 9.80 Å². The van der Waals surface area contributed by atoms with Crippen molar-refractivity contribution < 1.29 is 9.59 Å². The number of para-hydroxylation sites is 1. The summed E-state index contributed by atoms with van der Waals surface area (Å²) in [5.74, 6) is 1.45. The molecule has 2 amide bonds. The summed E-state index contributed by atoms with van der Waals surface area (Å²) in [7, 11) is 1.84. The minimum atomic E-state index is -0.0212. The van der Waals surface area contributed by atoms with Crippen LogP contribution in [0.2, 0.25) is 0 Å². The summed E-state index contributed by atoms with van der Waals surface area (Å²) < 4.78 is 0. The number of hydrogen-bond donors (Lipinski definition) is 2. The van der Waals surface area contributed by atoms with Crippen LogP contribution >= 0.6 is 0 Å². The Morgan fingerprint density at radius 2 is 1.65 bits per heavy atom. The van der Waals surface area contributed by atoms with E-state index in [-0.39, 0.29) is 23.7 Å². The van der Waals surface area contributed by atoms with Gasteiger partial charge in [0.25, 0.3) is 0 Å². The molecule has 7 heteroatoms. The van der Waals surface area contributed by atoms with Crippen LogP contribution < -0.4 is 11.1 Å². The zero-order valence-electron chi connectivity index (χ0n) is 24.9. The van der Waals surface area contributed by atoms with Gasteiger partial charge < -0.3 is 20.9 Å². The van der Waals surface area contributed by atoms with Crippen LogP contribution in [-0.2, 0) is 16.1 Å². The number of nitrogens with two attached hydrogens (primary N) is 1. The van der Waals surface area contributed by atoms with Gasteiger partial charge in [0.05, 0.1) is 17.1 Å². The van der Waals surface area contributed by atoms with Crippen molar-refractivity contribution in [2.75, 3.05) is 25.5 Å². The molecule has 0 unspecified atom stereocenters. The summed E-state index contributed by atoms with van der Waals surface area (Å²) in [6, 6.07) is 17.8. The molecule has 1 saturated carbocycles. The zero-order chi connectivity index (χ0) is 29.1. The maximum atomic E-state index is 12.9. The number of hydrogen-bond acceptors (Lipinski definition) is 5. The summed E-state index contributed by atoms with van der Waals surface area (Å²) in [4.78, 5) is 32.8. The molecule has 1 aliphatic heterocycles. The van der Waals surface area contributed by atoms with Crippen molar-refractivity contribution >= 4 is 28.9 Å². The molecule has 7 nitrogen and oxygen atoms in total. The Balaban J connectivity index is 0.000000792. The van der Waals surface area contributed by atoms with Crippen molar-refractivity contribution in [2.24, 2.45) is 28.5 Å². The minimum absolute atomic E-state index is 0.0212. The van der Waals surface area contributed by atoms with E-state index in [2.05, 4.69) is 26.1 Å². The molecule has 40 heavy (non-hydrogen) atoms. The summed E-state index contributed by atoms with van der Waals surface area (Å²) in [5.41, 5.74) is 10.4. The van der Waals surface area contributed by atoms with Gasteiger partial charge in [-0.1, -0.05) is 70.4 Å². The van der Waals surface area contributed by atoms with Gasteiger partial charge in [0.2, 0.25) is 11.8 Å². The van der Waals surface area contributed by atoms with Crippen LogP contribution in [0.25, 0.3) is 0 Å². The lowest BCUT2D eigenvalue weighted by Gasteiger charge is -2.32. The Morgan fingerprint density at radius 1 is 1.05 bits per heavy atom. The Morgan fingerprint density at radius 3 is 2.12 bits per heavy atom. The first kappa shape index (κ1) is 30.9. The number of rotatable bonds is 8. The van der Waals surface area contributed by atoms with E-state index in [0.29, 0.717) is 19.6 Å². The Labute approximate surface area is 240 Å². The third-order valence-corrected chi connectivity index (χ3v) is 7.71. The number of carbonyl (C=O) groups is 2. The number of likely N-dealkylation sites (tertiary alicyclic amines) is 1. The highest BCUT2D eigenvalue weighted by Gasteiger charge is 2.28. The molecular formula is C33H47N5O2. The van der Waals surface area contributed by atoms with Gasteiger partial charge in [-0.25, -0.2) is 0 Å². The van der Waals surface area contributed by atoms with Gasteiger partial charge in [-0.15, -0.1) is 0 Å². The highest BCUT2D eigenvalue weighted by atomic mass is 16.2. The third-order valence-electron chi connectivity index (χ3n) is 7.71. The molecule has 2 aliphatic rings. The molecule has 3 N–H and O–H groups in total. The highest BCUT2D eigenvalue weighted by molar-refractivity contribution is 6.05. The maximum Gasteiger partial charge on any atom is 0.225 e. The standard InChI is InChI=1S/C28H37N5O2.C5H10/c1-20(2)27(31-24-8-6-5-7-9-24)26(18-29)30-25-12-10-22(11-13-25)19-32(4)28(35)23-14-16-33(17-15-23)21(3)34;1-5-3-2-4-5/h5-13,18,20,23,30H,14-17,19,29H2,1-4H3;5H,2-4H2,1H3/b26-18+,31-27?;. The molecule has 0 aromatic heterocycles. The van der Waals surface area contributed by atoms with Crippen LogP contribution in [0, 0.1) is 17.8 Å². The largest absolute Gasteiger partial charge is 0.403 e. The zero-order valence-corrected chi connectivity index (χ0v) is 24.9. The first-order valence-electron chi connectivity index (χ1n) is 14.6. The summed E-state index contributed by atoms with van der Waals surface area (Å²) >= 11 is 0. The van der Waals surface area contributed by atoms with E-state index in [9.17, 15) is 9.59 Å². The van der Waals surface area contributed by atoms with E-state index in [4.69, 9.17) is 10.7 Å². The van der Waals surface area contributed by atoms with Crippen LogP contribution in [0.3, 0.4) is 0 Å². The molecule has 0 spiro atoms. The van der Waals surface area contributed by atoms with Gasteiger partial charge >= 0.3 is 0 Å². The lowest BCUT2D eigenvalue weighted by Crippen LogP contribution is -2.42. The van der Waals surface area contributed by atoms with Crippen LogP contribution in [0.15, 0.2) is 71.5 Å². The monoisotopic (exact) mass is 545 g/mol. The number of nitrogens with one attached hydrogen (secondary N) is 1. The number of anilines is 1. The number of nitrogens with zero attached hydrogens (tertiary/aromatic N) is 3. The summed E-state index contributed by atoms with van der Waals surface area (Å²) in [6.45, 7) is 9.92. The molecule has 1 aliphatic carbocycles. The smallest absolute Gasteiger partial charge is 0.225 e. The van der Waals surface area contributed by atoms with Crippen LogP contribution in [0.1, 0.15) is 65.4 Å². The van der Waals surface area contributed by atoms with E-state index in [0.717, 1.165) is 47.1 Å². The fourth-order valence-electron chi connectivity index (χ4n) is 4.90. The number of piperidine rings is 1. The molecule has 0 radical (unpaired) electrons. The maximum absolute atomic E-state index is 12.9. The molecule has 0 atom stereocenters. The molecule has 0 bridgehead atoms. The fraction of sp³-hybridized carbons (Fsp3) is 0.485. The van der Waals surface area contributed by atoms with Crippen molar-refractivity contribution in [3.05, 3.63) is 72.1 Å². The van der Waals surface area contributed by atoms with E-state index in [1.165, 1.54) is 19.3 Å². The summed E-state index contributed by atoms with van der Waals surface area (Å²) in [6.07, 6.45) is 7.46. The first-order chi connectivity index (χ1) is 19.2. The number of amides is 2. The third kappa shape index (κ3) is 9.25. The topological polar surface area (TPSA) is 91.0 Å². The predicted octanol–water partition coefficient (Wildman–Crippen LogP) is 6.35. The van der Waals surface area contributed by atoms with Crippen molar-refractivity contribution in [2.45, 2.75) is 66.3 Å². The lowest BCUT2D eigenvalue weighted by molar-refractivity contribution is -0.139. The number of allylic oxidation sites excluding steroid dienone is 1. The van der Waals surface area contributed by atoms with Crippen molar-refractivity contribution in [3.8, 4) is 0 Å². The number of carbonyl (C=O) groups excluding carboxylic acids is 2. The van der Waals surface area contributed by atoms with Crippen LogP contribution in [0.5, 0.6) is 0 Å². The molecule has 2 aromatic rings. The van der Waals surface area contributed by atoms with Crippen molar-refractivity contribution in [1.29, 1.82) is 0 Å². The van der Waals surface area contributed by atoms with Crippen LogP contribution in [-0.4, -0.2) is 47.5 Å². The lowest BCUT2D eigenvalue weighted by atomic mass is 9.88. The van der Waals surface area contributed by atoms with E-state index in [1.54, 1.807) is 18.0 Å². The second kappa shape index (κ2) is 15.2. The molecule has 4 rings (SSSR count). The van der Waals surface area contributed by atoms with Gasteiger partial charge in [0.15, 0.2) is 0 Å². The van der Waals surface area contributed by atoms with Gasteiger partial charge in [0, 0.05) is 51.4 Å². The molecule has 2 aromatic carbocycles. The van der Waals surface area contributed by atoms with Crippen LogP contribution in [0.4, 0.5) is 11.4 Å². The van der Waals surface area contributed by atoms with E-state index >= 15 is 0 Å². The molecule has 1 saturated heterocycles. The second-order valence-electron chi connectivity index (χ2n) is 11.4. The first-order valence-corrected chi connectivity index (χ1v) is 14.6. The Kier molecular flexibility index (Phi) is 11.8. The quantitative estimate of drug-likeness (QED) is 0.378.